The maximum absolute atomic E-state index is 13.9. The SMILES string of the molecule is O=C(Cc1c(F)cccc1Cl)N[C@@H]1CCOC[C@H]1OCc1ccccn1. The molecule has 26 heavy (non-hydrogen) atoms. The van der Waals surface area contributed by atoms with Crippen molar-refractivity contribution in [1.29, 1.82) is 0 Å². The van der Waals surface area contributed by atoms with Gasteiger partial charge in [0.05, 0.1) is 31.4 Å². The monoisotopic (exact) mass is 378 g/mol. The van der Waals surface area contributed by atoms with Crippen LogP contribution in [-0.4, -0.2) is 36.3 Å². The molecular weight excluding hydrogens is 359 g/mol. The maximum Gasteiger partial charge on any atom is 0.224 e. The van der Waals surface area contributed by atoms with Crippen LogP contribution in [0.15, 0.2) is 42.6 Å². The third kappa shape index (κ3) is 5.00. The first-order valence-electron chi connectivity index (χ1n) is 8.45. The van der Waals surface area contributed by atoms with Gasteiger partial charge >= 0.3 is 0 Å². The van der Waals surface area contributed by atoms with Crippen molar-refractivity contribution in [2.24, 2.45) is 0 Å². The van der Waals surface area contributed by atoms with Gasteiger partial charge in [0.1, 0.15) is 11.9 Å². The van der Waals surface area contributed by atoms with Crippen molar-refractivity contribution in [3.05, 3.63) is 64.7 Å². The van der Waals surface area contributed by atoms with Crippen LogP contribution in [-0.2, 0) is 27.3 Å². The van der Waals surface area contributed by atoms with Crippen molar-refractivity contribution in [2.45, 2.75) is 31.6 Å². The Hall–Kier alpha value is -2.02. The molecule has 0 aliphatic carbocycles. The molecule has 3 rings (SSSR count). The lowest BCUT2D eigenvalue weighted by molar-refractivity contribution is -0.126. The van der Waals surface area contributed by atoms with Gasteiger partial charge in [0.15, 0.2) is 0 Å². The third-order valence-electron chi connectivity index (χ3n) is 4.22. The predicted octanol–water partition coefficient (Wildman–Crippen LogP) is 2.91. The van der Waals surface area contributed by atoms with Gasteiger partial charge in [-0.1, -0.05) is 23.7 Å². The van der Waals surface area contributed by atoms with Crippen molar-refractivity contribution in [3.8, 4) is 0 Å². The average Bonchev–Trinajstić information content (AvgIpc) is 2.65. The normalized spacial score (nSPS) is 19.9. The van der Waals surface area contributed by atoms with Gasteiger partial charge in [-0.25, -0.2) is 4.39 Å². The van der Waals surface area contributed by atoms with Gasteiger partial charge in [0, 0.05) is 23.4 Å². The largest absolute Gasteiger partial charge is 0.379 e. The van der Waals surface area contributed by atoms with Crippen LogP contribution < -0.4 is 5.32 Å². The number of hydrogen-bond donors (Lipinski definition) is 1. The maximum atomic E-state index is 13.9. The molecule has 5 nitrogen and oxygen atoms in total. The summed E-state index contributed by atoms with van der Waals surface area (Å²) >= 11 is 5.99. The molecule has 0 bridgehead atoms. The molecule has 0 unspecified atom stereocenters. The summed E-state index contributed by atoms with van der Waals surface area (Å²) in [4.78, 5) is 16.6. The molecule has 1 aromatic heterocycles. The second kappa shape index (κ2) is 9.07. The molecule has 0 spiro atoms. The fourth-order valence-corrected chi connectivity index (χ4v) is 3.07. The molecule has 1 amide bonds. The topological polar surface area (TPSA) is 60.5 Å². The number of pyridine rings is 1. The summed E-state index contributed by atoms with van der Waals surface area (Å²) in [5.41, 5.74) is 1.01. The number of nitrogens with zero attached hydrogens (tertiary/aromatic N) is 1. The summed E-state index contributed by atoms with van der Waals surface area (Å²) in [7, 11) is 0. The lowest BCUT2D eigenvalue weighted by Gasteiger charge is -2.32. The number of nitrogens with one attached hydrogen (secondary N) is 1. The second-order valence-electron chi connectivity index (χ2n) is 6.09. The van der Waals surface area contributed by atoms with Gasteiger partial charge in [-0.15, -0.1) is 0 Å². The minimum absolute atomic E-state index is 0.115. The van der Waals surface area contributed by atoms with Crippen molar-refractivity contribution < 1.29 is 18.7 Å². The van der Waals surface area contributed by atoms with E-state index in [-0.39, 0.29) is 35.1 Å². The summed E-state index contributed by atoms with van der Waals surface area (Å²) in [5, 5.41) is 3.16. The van der Waals surface area contributed by atoms with Gasteiger partial charge < -0.3 is 14.8 Å². The Bertz CT molecular complexity index is 725. The van der Waals surface area contributed by atoms with Gasteiger partial charge in [-0.05, 0) is 30.7 Å². The molecule has 2 heterocycles. The van der Waals surface area contributed by atoms with Gasteiger partial charge in [-0.2, -0.15) is 0 Å². The smallest absolute Gasteiger partial charge is 0.224 e. The van der Waals surface area contributed by atoms with Crippen LogP contribution in [0.3, 0.4) is 0 Å². The van der Waals surface area contributed by atoms with Crippen LogP contribution in [0.4, 0.5) is 4.39 Å². The van der Waals surface area contributed by atoms with Crippen LogP contribution >= 0.6 is 11.6 Å². The van der Waals surface area contributed by atoms with Gasteiger partial charge in [-0.3, -0.25) is 9.78 Å². The summed E-state index contributed by atoms with van der Waals surface area (Å²) in [6, 6.07) is 9.77. The van der Waals surface area contributed by atoms with Crippen molar-refractivity contribution >= 4 is 17.5 Å². The van der Waals surface area contributed by atoms with E-state index in [0.29, 0.717) is 26.2 Å². The highest BCUT2D eigenvalue weighted by molar-refractivity contribution is 6.31. The summed E-state index contributed by atoms with van der Waals surface area (Å²) in [6.45, 7) is 1.26. The number of rotatable bonds is 6. The number of aromatic nitrogens is 1. The van der Waals surface area contributed by atoms with E-state index < -0.39 is 5.82 Å². The Kier molecular flexibility index (Phi) is 6.55. The molecule has 1 N–H and O–H groups in total. The molecule has 2 aromatic rings. The first kappa shape index (κ1) is 18.8. The van der Waals surface area contributed by atoms with Crippen molar-refractivity contribution in [3.63, 3.8) is 0 Å². The van der Waals surface area contributed by atoms with E-state index in [1.165, 1.54) is 12.1 Å². The standard InChI is InChI=1S/C19H20ClFN2O3/c20-15-5-3-6-16(21)14(15)10-19(24)23-17-7-9-25-12-18(17)26-11-13-4-1-2-8-22-13/h1-6,8,17-18H,7,9-12H2,(H,23,24)/t17-,18-/m1/s1. The Morgan fingerprint density at radius 3 is 3.00 bits per heavy atom. The Morgan fingerprint density at radius 2 is 2.23 bits per heavy atom. The lowest BCUT2D eigenvalue weighted by atomic mass is 10.0. The van der Waals surface area contributed by atoms with Gasteiger partial charge in [0.2, 0.25) is 5.91 Å². The minimum atomic E-state index is -0.484. The second-order valence-corrected chi connectivity index (χ2v) is 6.49. The van der Waals surface area contributed by atoms with E-state index in [2.05, 4.69) is 10.3 Å². The quantitative estimate of drug-likeness (QED) is 0.839. The highest BCUT2D eigenvalue weighted by atomic mass is 35.5. The fourth-order valence-electron chi connectivity index (χ4n) is 2.84. The number of amides is 1. The summed E-state index contributed by atoms with van der Waals surface area (Å²) in [5.74, 6) is -0.780. The molecular formula is C19H20ClFN2O3. The first-order chi connectivity index (χ1) is 12.6. The zero-order valence-electron chi connectivity index (χ0n) is 14.2. The number of ether oxygens (including phenoxy) is 2. The molecule has 1 aliphatic heterocycles. The number of halogens is 2. The van der Waals surface area contributed by atoms with E-state index in [0.717, 1.165) is 5.69 Å². The van der Waals surface area contributed by atoms with E-state index >= 15 is 0 Å². The van der Waals surface area contributed by atoms with E-state index in [1.54, 1.807) is 12.3 Å². The van der Waals surface area contributed by atoms with E-state index in [1.807, 2.05) is 18.2 Å². The molecule has 0 saturated carbocycles. The minimum Gasteiger partial charge on any atom is -0.379 e. The van der Waals surface area contributed by atoms with Gasteiger partial charge in [0.25, 0.3) is 0 Å². The fraction of sp³-hybridized carbons (Fsp3) is 0.368. The molecule has 138 valence electrons. The van der Waals surface area contributed by atoms with Crippen LogP contribution in [0.1, 0.15) is 17.7 Å². The highest BCUT2D eigenvalue weighted by Gasteiger charge is 2.28. The number of benzene rings is 1. The predicted molar refractivity (Wildman–Crippen MR) is 95.3 cm³/mol. The van der Waals surface area contributed by atoms with Crippen LogP contribution in [0.2, 0.25) is 5.02 Å². The molecule has 1 saturated heterocycles. The number of carbonyl (C=O) groups excluding carboxylic acids is 1. The Morgan fingerprint density at radius 1 is 1.35 bits per heavy atom. The summed E-state index contributed by atoms with van der Waals surface area (Å²) in [6.07, 6.45) is 1.93. The molecule has 1 fully saturated rings. The highest BCUT2D eigenvalue weighted by Crippen LogP contribution is 2.20. The third-order valence-corrected chi connectivity index (χ3v) is 4.58. The van der Waals surface area contributed by atoms with Crippen LogP contribution in [0.5, 0.6) is 0 Å². The average molecular weight is 379 g/mol. The summed E-state index contributed by atoms with van der Waals surface area (Å²) < 4.78 is 25.2. The Balaban J connectivity index is 1.58. The molecule has 7 heteroatoms. The molecule has 1 aliphatic rings. The first-order valence-corrected chi connectivity index (χ1v) is 8.83. The Labute approximate surface area is 156 Å². The number of carbonyl (C=O) groups is 1. The van der Waals surface area contributed by atoms with Crippen molar-refractivity contribution in [2.75, 3.05) is 13.2 Å². The molecule has 2 atom stereocenters. The van der Waals surface area contributed by atoms with Crippen LogP contribution in [0, 0.1) is 5.82 Å². The van der Waals surface area contributed by atoms with E-state index in [9.17, 15) is 9.18 Å². The number of hydrogen-bond acceptors (Lipinski definition) is 4. The zero-order chi connectivity index (χ0) is 18.4. The molecule has 0 radical (unpaired) electrons. The van der Waals surface area contributed by atoms with Crippen molar-refractivity contribution in [1.82, 2.24) is 10.3 Å². The molecule has 1 aromatic carbocycles. The zero-order valence-corrected chi connectivity index (χ0v) is 14.9. The van der Waals surface area contributed by atoms with E-state index in [4.69, 9.17) is 21.1 Å². The van der Waals surface area contributed by atoms with Crippen LogP contribution in [0.25, 0.3) is 0 Å². The lowest BCUT2D eigenvalue weighted by Crippen LogP contribution is -2.50.